The third-order valence-electron chi connectivity index (χ3n) is 4.65. The predicted octanol–water partition coefficient (Wildman–Crippen LogP) is 2.33. The van der Waals surface area contributed by atoms with E-state index < -0.39 is 11.7 Å². The highest BCUT2D eigenvalue weighted by molar-refractivity contribution is 6.33. The van der Waals surface area contributed by atoms with Gasteiger partial charge in [-0.1, -0.05) is 11.6 Å². The highest BCUT2D eigenvalue weighted by Gasteiger charge is 2.27. The number of ether oxygens (including phenoxy) is 3. The summed E-state index contributed by atoms with van der Waals surface area (Å²) in [5, 5.41) is 10.6. The van der Waals surface area contributed by atoms with E-state index >= 15 is 0 Å². The van der Waals surface area contributed by atoms with Gasteiger partial charge < -0.3 is 34.9 Å². The summed E-state index contributed by atoms with van der Waals surface area (Å²) in [6.07, 6.45) is -0.461. The minimum Gasteiger partial charge on any atom is -0.491 e. The van der Waals surface area contributed by atoms with Gasteiger partial charge in [-0.25, -0.2) is 9.78 Å². The first-order valence-corrected chi connectivity index (χ1v) is 9.79. The molecule has 0 unspecified atom stereocenters. The second-order valence-corrected chi connectivity index (χ2v) is 7.98. The molecule has 3 N–H and O–H groups in total. The lowest BCUT2D eigenvalue weighted by atomic mass is 10.2. The van der Waals surface area contributed by atoms with Crippen LogP contribution in [-0.4, -0.2) is 78.7 Å². The van der Waals surface area contributed by atoms with E-state index in [0.717, 1.165) is 0 Å². The summed E-state index contributed by atoms with van der Waals surface area (Å²) in [4.78, 5) is 24.7. The molecule has 1 fully saturated rings. The molecule has 12 heteroatoms. The smallest absolute Gasteiger partial charge is 0.409 e. The number of methoxy groups -OCH3 is 2. The highest BCUT2D eigenvalue weighted by Crippen LogP contribution is 2.42. The van der Waals surface area contributed by atoms with E-state index in [4.69, 9.17) is 31.5 Å². The van der Waals surface area contributed by atoms with Crippen molar-refractivity contribution in [3.8, 4) is 11.5 Å². The van der Waals surface area contributed by atoms with Gasteiger partial charge in [-0.3, -0.25) is 0 Å². The average Bonchev–Trinajstić information content (AvgIpc) is 2.71. The maximum Gasteiger partial charge on any atom is 0.409 e. The predicted molar refractivity (Wildman–Crippen MR) is 121 cm³/mol. The number of hydrogen-bond acceptors (Lipinski definition) is 9. The van der Waals surface area contributed by atoms with Gasteiger partial charge in [-0.05, 0) is 19.9 Å². The lowest BCUT2D eigenvalue weighted by molar-refractivity contribution is -0.00415. The molecule has 1 aliphatic heterocycles. The Hall–Kier alpha value is -2.43. The van der Waals surface area contributed by atoms with Crippen LogP contribution in [0.2, 0.25) is 5.02 Å². The number of aromatic nitrogens is 2. The number of amides is 1. The Morgan fingerprint density at radius 3 is 2.35 bits per heavy atom. The van der Waals surface area contributed by atoms with Gasteiger partial charge in [0.05, 0.1) is 24.8 Å². The van der Waals surface area contributed by atoms with Gasteiger partial charge in [0.15, 0.2) is 11.5 Å². The van der Waals surface area contributed by atoms with Crippen LogP contribution in [0.3, 0.4) is 0 Å². The zero-order valence-electron chi connectivity index (χ0n) is 17.8. The van der Waals surface area contributed by atoms with Gasteiger partial charge >= 0.3 is 6.09 Å². The van der Waals surface area contributed by atoms with Crippen LogP contribution < -0.4 is 20.1 Å². The minimum absolute atomic E-state index is 0. The maximum absolute atomic E-state index is 12.2. The summed E-state index contributed by atoms with van der Waals surface area (Å²) in [5.74, 6) is 1.44. The molecule has 1 aromatic heterocycles. The van der Waals surface area contributed by atoms with Crippen LogP contribution in [0.5, 0.6) is 11.5 Å². The van der Waals surface area contributed by atoms with Crippen molar-refractivity contribution in [1.29, 1.82) is 0 Å². The number of carbonyl (C=O) groups excluding carboxylic acids is 1. The number of aliphatic hydroxyl groups is 1. The Kier molecular flexibility index (Phi) is 7.85. The van der Waals surface area contributed by atoms with Crippen molar-refractivity contribution in [2.45, 2.75) is 19.4 Å². The van der Waals surface area contributed by atoms with E-state index in [9.17, 15) is 9.90 Å². The van der Waals surface area contributed by atoms with E-state index in [0.29, 0.717) is 59.6 Å². The first kappa shape index (κ1) is 24.8. The molecule has 0 spiro atoms. The van der Waals surface area contributed by atoms with Crippen LogP contribution in [0.25, 0.3) is 10.9 Å². The SMILES string of the molecule is COc1c(Cl)cc2c(N)nc(N3CCN(C(=O)OCC(C)(C)O)CC3)nc2c1OC.Cl. The molecule has 0 atom stereocenters. The number of rotatable bonds is 5. The number of piperazine rings is 1. The molecular weight excluding hydrogens is 449 g/mol. The number of benzene rings is 1. The van der Waals surface area contributed by atoms with Crippen LogP contribution in [0.1, 0.15) is 13.8 Å². The monoisotopic (exact) mass is 475 g/mol. The molecule has 172 valence electrons. The molecule has 1 aliphatic rings. The number of anilines is 2. The Labute approximate surface area is 191 Å². The summed E-state index contributed by atoms with van der Waals surface area (Å²) in [6.45, 7) is 4.93. The van der Waals surface area contributed by atoms with E-state index in [2.05, 4.69) is 9.97 Å². The van der Waals surface area contributed by atoms with Crippen LogP contribution in [0, 0.1) is 0 Å². The van der Waals surface area contributed by atoms with Crippen molar-refractivity contribution >= 4 is 52.8 Å². The quantitative estimate of drug-likeness (QED) is 0.669. The zero-order valence-corrected chi connectivity index (χ0v) is 19.4. The first-order valence-electron chi connectivity index (χ1n) is 9.41. The van der Waals surface area contributed by atoms with Crippen molar-refractivity contribution in [1.82, 2.24) is 14.9 Å². The molecule has 0 saturated carbocycles. The molecule has 1 amide bonds. The normalized spacial score (nSPS) is 14.3. The van der Waals surface area contributed by atoms with Crippen molar-refractivity contribution in [3.05, 3.63) is 11.1 Å². The number of nitrogens with zero attached hydrogens (tertiary/aromatic N) is 4. The van der Waals surface area contributed by atoms with Crippen molar-refractivity contribution in [3.63, 3.8) is 0 Å². The van der Waals surface area contributed by atoms with Crippen LogP contribution in [0.15, 0.2) is 6.07 Å². The maximum atomic E-state index is 12.2. The summed E-state index contributed by atoms with van der Waals surface area (Å²) in [7, 11) is 3.00. The standard InChI is InChI=1S/C19H26ClN5O5.ClH/c1-19(2,27)10-30-18(26)25-7-5-24(6-8-25)17-22-13-11(16(21)23-17)9-12(20)14(28-3)15(13)29-4;/h9,27H,5-8,10H2,1-4H3,(H2,21,22,23);1H. The van der Waals surface area contributed by atoms with Crippen LogP contribution >= 0.6 is 24.0 Å². The first-order chi connectivity index (χ1) is 14.1. The minimum atomic E-state index is -1.07. The molecule has 0 aliphatic carbocycles. The number of fused-ring (bicyclic) bond motifs is 1. The fourth-order valence-corrected chi connectivity index (χ4v) is 3.41. The lowest BCUT2D eigenvalue weighted by Crippen LogP contribution is -2.50. The molecule has 10 nitrogen and oxygen atoms in total. The number of nitrogens with two attached hydrogens (primary N) is 1. The highest BCUT2D eigenvalue weighted by atomic mass is 35.5. The largest absolute Gasteiger partial charge is 0.491 e. The van der Waals surface area contributed by atoms with Crippen molar-refractivity contribution in [2.24, 2.45) is 0 Å². The van der Waals surface area contributed by atoms with Gasteiger partial charge in [-0.15, -0.1) is 12.4 Å². The van der Waals surface area contributed by atoms with Crippen LogP contribution in [-0.2, 0) is 4.74 Å². The van der Waals surface area contributed by atoms with Crippen LogP contribution in [0.4, 0.5) is 16.6 Å². The van der Waals surface area contributed by atoms with Gasteiger partial charge in [0, 0.05) is 31.6 Å². The fraction of sp³-hybridized carbons (Fsp3) is 0.526. The van der Waals surface area contributed by atoms with Crippen molar-refractivity contribution in [2.75, 3.05) is 57.6 Å². The number of carbonyl (C=O) groups is 1. The molecule has 31 heavy (non-hydrogen) atoms. The Bertz CT molecular complexity index is 946. The summed E-state index contributed by atoms with van der Waals surface area (Å²) in [6, 6.07) is 1.65. The third kappa shape index (κ3) is 5.44. The molecular formula is C19H27Cl2N5O5. The fourth-order valence-electron chi connectivity index (χ4n) is 3.14. The molecule has 2 aromatic rings. The number of halogens is 2. The number of hydrogen-bond donors (Lipinski definition) is 2. The summed E-state index contributed by atoms with van der Waals surface area (Å²) in [5.41, 5.74) is 5.58. The van der Waals surface area contributed by atoms with E-state index in [1.807, 2.05) is 4.90 Å². The van der Waals surface area contributed by atoms with E-state index in [1.165, 1.54) is 14.2 Å². The Morgan fingerprint density at radius 1 is 1.19 bits per heavy atom. The van der Waals surface area contributed by atoms with E-state index in [1.54, 1.807) is 24.8 Å². The molecule has 1 saturated heterocycles. The molecule has 0 bridgehead atoms. The van der Waals surface area contributed by atoms with Crippen molar-refractivity contribution < 1.29 is 24.1 Å². The molecule has 3 rings (SSSR count). The molecule has 0 radical (unpaired) electrons. The topological polar surface area (TPSA) is 123 Å². The summed E-state index contributed by atoms with van der Waals surface area (Å²) >= 11 is 6.26. The van der Waals surface area contributed by atoms with Gasteiger partial charge in [0.1, 0.15) is 17.9 Å². The van der Waals surface area contributed by atoms with Gasteiger partial charge in [0.2, 0.25) is 5.95 Å². The zero-order chi connectivity index (χ0) is 22.1. The average molecular weight is 476 g/mol. The van der Waals surface area contributed by atoms with Gasteiger partial charge in [0.25, 0.3) is 0 Å². The molecule has 1 aromatic carbocycles. The second-order valence-electron chi connectivity index (χ2n) is 7.57. The second kappa shape index (κ2) is 9.80. The lowest BCUT2D eigenvalue weighted by Gasteiger charge is -2.34. The summed E-state index contributed by atoms with van der Waals surface area (Å²) < 4.78 is 16.0. The van der Waals surface area contributed by atoms with E-state index in [-0.39, 0.29) is 24.8 Å². The van der Waals surface area contributed by atoms with Gasteiger partial charge in [-0.2, -0.15) is 4.98 Å². The Balaban J connectivity index is 0.00000341. The third-order valence-corrected chi connectivity index (χ3v) is 4.93. The molecule has 2 heterocycles. The Morgan fingerprint density at radius 2 is 1.81 bits per heavy atom. The number of nitrogen functional groups attached to an aromatic ring is 1.